The molecule has 0 fully saturated rings. The zero-order valence-electron chi connectivity index (χ0n) is 8.07. The maximum absolute atomic E-state index is 4.13. The summed E-state index contributed by atoms with van der Waals surface area (Å²) in [6, 6.07) is 8.20. The van der Waals surface area contributed by atoms with E-state index in [1.807, 2.05) is 19.2 Å². The molecule has 0 N–H and O–H groups in total. The predicted molar refractivity (Wildman–Crippen MR) is 58.3 cm³/mol. The van der Waals surface area contributed by atoms with Gasteiger partial charge in [-0.25, -0.2) is 0 Å². The van der Waals surface area contributed by atoms with Gasteiger partial charge in [0.1, 0.15) is 0 Å². The van der Waals surface area contributed by atoms with Gasteiger partial charge < -0.3 is 0 Å². The molecule has 0 heterocycles. The van der Waals surface area contributed by atoms with Gasteiger partial charge in [-0.2, -0.15) is 5.10 Å². The number of benzene rings is 1. The molecular formula is C11H14N2. The molecule has 1 rings (SSSR count). The number of allylic oxidation sites excluding steroid dienone is 1. The van der Waals surface area contributed by atoms with Gasteiger partial charge in [-0.3, -0.25) is 5.01 Å². The van der Waals surface area contributed by atoms with Crippen LogP contribution in [0, 0.1) is 6.92 Å². The molecule has 0 saturated heterocycles. The summed E-state index contributed by atoms with van der Waals surface area (Å²) >= 11 is 0. The Morgan fingerprint density at radius 2 is 1.92 bits per heavy atom. The molecule has 0 unspecified atom stereocenters. The molecule has 0 aliphatic carbocycles. The zero-order valence-corrected chi connectivity index (χ0v) is 8.07. The van der Waals surface area contributed by atoms with Gasteiger partial charge in [-0.05, 0) is 25.1 Å². The third-order valence-corrected chi connectivity index (χ3v) is 1.75. The normalized spacial score (nSPS) is 10.3. The summed E-state index contributed by atoms with van der Waals surface area (Å²) in [4.78, 5) is 0. The molecule has 0 spiro atoms. The maximum atomic E-state index is 4.13. The van der Waals surface area contributed by atoms with Crippen molar-refractivity contribution in [2.24, 2.45) is 5.10 Å². The number of anilines is 1. The van der Waals surface area contributed by atoms with Gasteiger partial charge in [0, 0.05) is 13.3 Å². The van der Waals surface area contributed by atoms with Crippen LogP contribution in [0.25, 0.3) is 0 Å². The lowest BCUT2D eigenvalue weighted by molar-refractivity contribution is 1.02. The number of hydrogen-bond acceptors (Lipinski definition) is 2. The van der Waals surface area contributed by atoms with Gasteiger partial charge >= 0.3 is 0 Å². The van der Waals surface area contributed by atoms with Gasteiger partial charge in [0.2, 0.25) is 0 Å². The van der Waals surface area contributed by atoms with Gasteiger partial charge in [0.25, 0.3) is 0 Å². The average molecular weight is 174 g/mol. The Labute approximate surface area is 79.2 Å². The lowest BCUT2D eigenvalue weighted by atomic mass is 10.2. The molecule has 0 saturated carbocycles. The fraction of sp³-hybridized carbons (Fsp3) is 0.182. The smallest absolute Gasteiger partial charge is 0.0590 e. The fourth-order valence-corrected chi connectivity index (χ4v) is 0.974. The summed E-state index contributed by atoms with van der Waals surface area (Å²) in [6.45, 7) is 5.63. The Morgan fingerprint density at radius 1 is 1.31 bits per heavy atom. The molecule has 0 aromatic heterocycles. The minimum absolute atomic E-state index is 1.07. The first-order valence-corrected chi connectivity index (χ1v) is 4.19. The summed E-state index contributed by atoms with van der Waals surface area (Å²) < 4.78 is 0. The number of aryl methyl sites for hydroxylation is 1. The highest BCUT2D eigenvalue weighted by Gasteiger charge is 1.94. The van der Waals surface area contributed by atoms with E-state index in [1.165, 1.54) is 5.56 Å². The lowest BCUT2D eigenvalue weighted by Crippen LogP contribution is -2.07. The van der Waals surface area contributed by atoms with Crippen molar-refractivity contribution in [1.82, 2.24) is 0 Å². The van der Waals surface area contributed by atoms with Crippen molar-refractivity contribution >= 4 is 11.9 Å². The molecule has 0 amide bonds. The molecule has 0 bridgehead atoms. The third kappa shape index (κ3) is 2.75. The van der Waals surface area contributed by atoms with E-state index in [0.29, 0.717) is 0 Å². The molecule has 1 aromatic rings. The van der Waals surface area contributed by atoms with Crippen LogP contribution in [0.1, 0.15) is 5.56 Å². The minimum atomic E-state index is 1.07. The highest BCUT2D eigenvalue weighted by molar-refractivity contribution is 5.71. The maximum Gasteiger partial charge on any atom is 0.0590 e. The van der Waals surface area contributed by atoms with E-state index in [2.05, 4.69) is 30.7 Å². The average Bonchev–Trinajstić information content (AvgIpc) is 2.15. The number of hydrogen-bond donors (Lipinski definition) is 0. The Morgan fingerprint density at radius 3 is 2.46 bits per heavy atom. The summed E-state index contributed by atoms with van der Waals surface area (Å²) in [7, 11) is 1.91. The topological polar surface area (TPSA) is 15.6 Å². The zero-order chi connectivity index (χ0) is 9.68. The first-order chi connectivity index (χ1) is 6.24. The van der Waals surface area contributed by atoms with Crippen molar-refractivity contribution in [3.8, 4) is 0 Å². The van der Waals surface area contributed by atoms with Crippen LogP contribution in [0.15, 0.2) is 42.0 Å². The monoisotopic (exact) mass is 174 g/mol. The van der Waals surface area contributed by atoms with Crippen LogP contribution >= 0.6 is 0 Å². The minimum Gasteiger partial charge on any atom is -0.269 e. The molecule has 1 aromatic carbocycles. The van der Waals surface area contributed by atoms with E-state index in [9.17, 15) is 0 Å². The number of hydrazone groups is 1. The van der Waals surface area contributed by atoms with Gasteiger partial charge in [0.05, 0.1) is 5.69 Å². The molecular weight excluding hydrogens is 160 g/mol. The lowest BCUT2D eigenvalue weighted by Gasteiger charge is -2.12. The van der Waals surface area contributed by atoms with Crippen molar-refractivity contribution in [3.63, 3.8) is 0 Å². The SMILES string of the molecule is C=C/C=N\N(C)c1ccc(C)cc1. The first-order valence-electron chi connectivity index (χ1n) is 4.19. The van der Waals surface area contributed by atoms with E-state index in [4.69, 9.17) is 0 Å². The molecule has 2 nitrogen and oxygen atoms in total. The first kappa shape index (κ1) is 9.52. The summed E-state index contributed by atoms with van der Waals surface area (Å²) in [6.07, 6.45) is 3.32. The summed E-state index contributed by atoms with van der Waals surface area (Å²) in [5, 5.41) is 5.94. The van der Waals surface area contributed by atoms with E-state index < -0.39 is 0 Å². The quantitative estimate of drug-likeness (QED) is 0.508. The van der Waals surface area contributed by atoms with Crippen LogP contribution in [-0.4, -0.2) is 13.3 Å². The van der Waals surface area contributed by atoms with Crippen LogP contribution in [0.5, 0.6) is 0 Å². The molecule has 0 aliphatic heterocycles. The van der Waals surface area contributed by atoms with Gasteiger partial charge in [-0.1, -0.05) is 24.3 Å². The molecule has 0 aliphatic rings. The Balaban J connectivity index is 2.77. The third-order valence-electron chi connectivity index (χ3n) is 1.75. The Hall–Kier alpha value is -1.57. The van der Waals surface area contributed by atoms with Gasteiger partial charge in [0.15, 0.2) is 0 Å². The van der Waals surface area contributed by atoms with E-state index in [1.54, 1.807) is 17.3 Å². The van der Waals surface area contributed by atoms with Crippen molar-refractivity contribution in [1.29, 1.82) is 0 Å². The summed E-state index contributed by atoms with van der Waals surface area (Å²) in [5.41, 5.74) is 2.33. The molecule has 13 heavy (non-hydrogen) atoms. The van der Waals surface area contributed by atoms with Crippen molar-refractivity contribution in [2.75, 3.05) is 12.1 Å². The fourth-order valence-electron chi connectivity index (χ4n) is 0.974. The molecule has 0 atom stereocenters. The largest absolute Gasteiger partial charge is 0.269 e. The van der Waals surface area contributed by atoms with Gasteiger partial charge in [-0.15, -0.1) is 0 Å². The predicted octanol–water partition coefficient (Wildman–Crippen LogP) is 2.60. The van der Waals surface area contributed by atoms with Crippen LogP contribution < -0.4 is 5.01 Å². The second-order valence-corrected chi connectivity index (χ2v) is 2.86. The Kier molecular flexibility index (Phi) is 3.26. The number of rotatable bonds is 3. The van der Waals surface area contributed by atoms with E-state index >= 15 is 0 Å². The number of nitrogens with zero attached hydrogens (tertiary/aromatic N) is 2. The van der Waals surface area contributed by atoms with Crippen LogP contribution in [0.4, 0.5) is 5.69 Å². The van der Waals surface area contributed by atoms with Crippen molar-refractivity contribution < 1.29 is 0 Å². The standard InChI is InChI=1S/C11H14N2/c1-4-9-12-13(3)11-7-5-10(2)6-8-11/h4-9H,1H2,2-3H3/b12-9-. The second-order valence-electron chi connectivity index (χ2n) is 2.86. The van der Waals surface area contributed by atoms with Crippen LogP contribution in [0.2, 0.25) is 0 Å². The van der Waals surface area contributed by atoms with E-state index in [-0.39, 0.29) is 0 Å². The highest BCUT2D eigenvalue weighted by Crippen LogP contribution is 2.12. The van der Waals surface area contributed by atoms with Crippen LogP contribution in [0.3, 0.4) is 0 Å². The van der Waals surface area contributed by atoms with E-state index in [0.717, 1.165) is 5.69 Å². The van der Waals surface area contributed by atoms with Crippen molar-refractivity contribution in [2.45, 2.75) is 6.92 Å². The molecule has 2 heteroatoms. The summed E-state index contributed by atoms with van der Waals surface area (Å²) in [5.74, 6) is 0. The highest BCUT2D eigenvalue weighted by atomic mass is 15.4. The van der Waals surface area contributed by atoms with Crippen molar-refractivity contribution in [3.05, 3.63) is 42.5 Å². The second kappa shape index (κ2) is 4.45. The Bertz CT molecular complexity index is 298. The molecule has 0 radical (unpaired) electrons. The van der Waals surface area contributed by atoms with Crippen LogP contribution in [-0.2, 0) is 0 Å². The molecule has 68 valence electrons.